The number of methoxy groups -OCH3 is 1. The molecule has 0 spiro atoms. The molecular formula is C14H20N2O2. The van der Waals surface area contributed by atoms with Gasteiger partial charge in [0, 0.05) is 12.0 Å². The highest BCUT2D eigenvalue weighted by atomic mass is 16.5. The van der Waals surface area contributed by atoms with Gasteiger partial charge in [-0.15, -0.1) is 0 Å². The van der Waals surface area contributed by atoms with Gasteiger partial charge in [-0.25, -0.2) is 0 Å². The van der Waals surface area contributed by atoms with Crippen LogP contribution in [0.15, 0.2) is 18.2 Å². The van der Waals surface area contributed by atoms with Crippen LogP contribution in [0.3, 0.4) is 0 Å². The smallest absolute Gasteiger partial charge is 0.226 e. The van der Waals surface area contributed by atoms with E-state index >= 15 is 0 Å². The number of aryl methyl sites for hydroxylation is 1. The first-order valence-corrected chi connectivity index (χ1v) is 6.26. The number of nitrogens with two attached hydrogens (primary N) is 1. The summed E-state index contributed by atoms with van der Waals surface area (Å²) < 4.78 is 5.25. The van der Waals surface area contributed by atoms with Gasteiger partial charge < -0.3 is 15.8 Å². The zero-order valence-corrected chi connectivity index (χ0v) is 11.0. The van der Waals surface area contributed by atoms with Crippen molar-refractivity contribution in [3.05, 3.63) is 23.8 Å². The van der Waals surface area contributed by atoms with Gasteiger partial charge in [0.2, 0.25) is 5.91 Å². The minimum atomic E-state index is -0.290. The first kappa shape index (κ1) is 12.9. The average molecular weight is 248 g/mol. The van der Waals surface area contributed by atoms with E-state index in [4.69, 9.17) is 10.5 Å². The first-order valence-electron chi connectivity index (χ1n) is 6.26. The first-order chi connectivity index (χ1) is 8.52. The van der Waals surface area contributed by atoms with Crippen molar-refractivity contribution in [1.29, 1.82) is 0 Å². The third-order valence-corrected chi connectivity index (χ3v) is 3.49. The number of nitrogens with one attached hydrogen (secondary N) is 1. The van der Waals surface area contributed by atoms with Gasteiger partial charge in [-0.3, -0.25) is 4.79 Å². The molecule has 1 aromatic rings. The number of hydrogen-bond donors (Lipinski definition) is 2. The minimum absolute atomic E-state index is 0.0423. The summed E-state index contributed by atoms with van der Waals surface area (Å²) in [7, 11) is 1.60. The van der Waals surface area contributed by atoms with Crippen molar-refractivity contribution in [2.45, 2.75) is 38.1 Å². The van der Waals surface area contributed by atoms with Crippen molar-refractivity contribution in [2.24, 2.45) is 5.73 Å². The molecule has 0 unspecified atom stereocenters. The van der Waals surface area contributed by atoms with E-state index in [0.29, 0.717) is 17.9 Å². The summed E-state index contributed by atoms with van der Waals surface area (Å²) in [6.45, 7) is 1.98. The zero-order chi connectivity index (χ0) is 13.2. The predicted octanol–water partition coefficient (Wildman–Crippen LogP) is 2.21. The molecule has 0 radical (unpaired) electrons. The van der Waals surface area contributed by atoms with Crippen molar-refractivity contribution >= 4 is 11.6 Å². The van der Waals surface area contributed by atoms with E-state index in [1.807, 2.05) is 25.1 Å². The third-order valence-electron chi connectivity index (χ3n) is 3.49. The molecule has 4 nitrogen and oxygen atoms in total. The van der Waals surface area contributed by atoms with Crippen molar-refractivity contribution in [1.82, 2.24) is 0 Å². The van der Waals surface area contributed by atoms with Crippen LogP contribution in [0, 0.1) is 6.92 Å². The summed E-state index contributed by atoms with van der Waals surface area (Å²) in [4.78, 5) is 11.9. The molecule has 1 amide bonds. The molecule has 4 heteroatoms. The maximum Gasteiger partial charge on any atom is 0.226 e. The fourth-order valence-electron chi connectivity index (χ4n) is 2.22. The summed E-state index contributed by atoms with van der Waals surface area (Å²) in [6.07, 6.45) is 3.37. The Balaban J connectivity index is 2.02. The van der Waals surface area contributed by atoms with E-state index < -0.39 is 0 Å². The lowest BCUT2D eigenvalue weighted by molar-refractivity contribution is -0.118. The number of benzene rings is 1. The van der Waals surface area contributed by atoms with Gasteiger partial charge in [-0.1, -0.05) is 6.07 Å². The molecule has 0 aliphatic heterocycles. The van der Waals surface area contributed by atoms with Gasteiger partial charge in [0.05, 0.1) is 12.8 Å². The molecule has 0 saturated heterocycles. The Bertz CT molecular complexity index is 453. The lowest BCUT2D eigenvalue weighted by Gasteiger charge is -2.37. The molecule has 1 aliphatic carbocycles. The van der Waals surface area contributed by atoms with Crippen LogP contribution in [0.4, 0.5) is 5.69 Å². The predicted molar refractivity (Wildman–Crippen MR) is 71.7 cm³/mol. The maximum atomic E-state index is 11.9. The lowest BCUT2D eigenvalue weighted by atomic mass is 9.75. The number of carbonyl (C=O) groups is 1. The summed E-state index contributed by atoms with van der Waals surface area (Å²) in [5.74, 6) is 0.641. The topological polar surface area (TPSA) is 64.3 Å². The number of rotatable bonds is 4. The van der Waals surface area contributed by atoms with E-state index in [0.717, 1.165) is 24.8 Å². The molecule has 1 aliphatic rings. The minimum Gasteiger partial charge on any atom is -0.495 e. The van der Waals surface area contributed by atoms with Gasteiger partial charge in [-0.05, 0) is 43.9 Å². The third kappa shape index (κ3) is 2.82. The Labute approximate surface area is 108 Å². The molecule has 1 aromatic carbocycles. The molecule has 1 fully saturated rings. The Morgan fingerprint density at radius 1 is 1.50 bits per heavy atom. The molecular weight excluding hydrogens is 228 g/mol. The summed E-state index contributed by atoms with van der Waals surface area (Å²) in [6, 6.07) is 5.70. The quantitative estimate of drug-likeness (QED) is 0.858. The van der Waals surface area contributed by atoms with Crippen LogP contribution in [-0.2, 0) is 4.79 Å². The highest BCUT2D eigenvalue weighted by Crippen LogP contribution is 2.33. The fraction of sp³-hybridized carbons (Fsp3) is 0.500. The molecule has 98 valence electrons. The van der Waals surface area contributed by atoms with Crippen LogP contribution in [-0.4, -0.2) is 18.6 Å². The Kier molecular flexibility index (Phi) is 3.57. The number of amides is 1. The van der Waals surface area contributed by atoms with Gasteiger partial charge >= 0.3 is 0 Å². The molecule has 18 heavy (non-hydrogen) atoms. The van der Waals surface area contributed by atoms with E-state index in [-0.39, 0.29) is 11.4 Å². The molecule has 2 rings (SSSR count). The normalized spacial score (nSPS) is 16.8. The van der Waals surface area contributed by atoms with Crippen molar-refractivity contribution in [3.63, 3.8) is 0 Å². The summed E-state index contributed by atoms with van der Waals surface area (Å²) >= 11 is 0. The Hall–Kier alpha value is -1.55. The van der Waals surface area contributed by atoms with Gasteiger partial charge in [-0.2, -0.15) is 0 Å². The molecule has 0 atom stereocenters. The second-order valence-corrected chi connectivity index (χ2v) is 5.14. The Morgan fingerprint density at radius 2 is 2.22 bits per heavy atom. The lowest BCUT2D eigenvalue weighted by Crippen LogP contribution is -2.48. The van der Waals surface area contributed by atoms with Crippen LogP contribution in [0.1, 0.15) is 31.2 Å². The highest BCUT2D eigenvalue weighted by Gasteiger charge is 2.34. The van der Waals surface area contributed by atoms with E-state index in [1.165, 1.54) is 0 Å². The van der Waals surface area contributed by atoms with Crippen LogP contribution in [0.2, 0.25) is 0 Å². The molecule has 0 heterocycles. The fourth-order valence-corrected chi connectivity index (χ4v) is 2.22. The number of ether oxygens (including phenoxy) is 1. The summed E-state index contributed by atoms with van der Waals surface area (Å²) in [5.41, 5.74) is 7.57. The SMILES string of the molecule is COc1cc(C)ccc1NC(=O)CC1(N)CCC1. The van der Waals surface area contributed by atoms with E-state index in [9.17, 15) is 4.79 Å². The van der Waals surface area contributed by atoms with Crippen molar-refractivity contribution in [2.75, 3.05) is 12.4 Å². The van der Waals surface area contributed by atoms with Gasteiger partial charge in [0.25, 0.3) is 0 Å². The standard InChI is InChI=1S/C14H20N2O2/c1-10-4-5-11(12(8-10)18-2)16-13(17)9-14(15)6-3-7-14/h4-5,8H,3,6-7,9,15H2,1-2H3,(H,16,17). The second kappa shape index (κ2) is 4.98. The molecule has 1 saturated carbocycles. The number of carbonyl (C=O) groups excluding carboxylic acids is 1. The van der Waals surface area contributed by atoms with Crippen molar-refractivity contribution < 1.29 is 9.53 Å². The van der Waals surface area contributed by atoms with Gasteiger partial charge in [0.15, 0.2) is 0 Å². The average Bonchev–Trinajstić information content (AvgIpc) is 2.29. The molecule has 0 bridgehead atoms. The number of hydrogen-bond acceptors (Lipinski definition) is 3. The van der Waals surface area contributed by atoms with E-state index in [2.05, 4.69) is 5.32 Å². The summed E-state index contributed by atoms with van der Waals surface area (Å²) in [5, 5.41) is 2.87. The highest BCUT2D eigenvalue weighted by molar-refractivity contribution is 5.93. The van der Waals surface area contributed by atoms with Crippen LogP contribution >= 0.6 is 0 Å². The number of anilines is 1. The van der Waals surface area contributed by atoms with Crippen molar-refractivity contribution in [3.8, 4) is 5.75 Å². The van der Waals surface area contributed by atoms with Crippen LogP contribution < -0.4 is 15.8 Å². The zero-order valence-electron chi connectivity index (χ0n) is 11.0. The van der Waals surface area contributed by atoms with E-state index in [1.54, 1.807) is 7.11 Å². The molecule has 3 N–H and O–H groups in total. The maximum absolute atomic E-state index is 11.9. The van der Waals surface area contributed by atoms with Gasteiger partial charge in [0.1, 0.15) is 5.75 Å². The monoisotopic (exact) mass is 248 g/mol. The Morgan fingerprint density at radius 3 is 2.78 bits per heavy atom. The largest absolute Gasteiger partial charge is 0.495 e. The molecule has 0 aromatic heterocycles. The van der Waals surface area contributed by atoms with Crippen LogP contribution in [0.25, 0.3) is 0 Å². The second-order valence-electron chi connectivity index (χ2n) is 5.14. The van der Waals surface area contributed by atoms with Crippen LogP contribution in [0.5, 0.6) is 5.75 Å².